The van der Waals surface area contributed by atoms with E-state index >= 15 is 0 Å². The number of hydrogen-bond donors (Lipinski definition) is 2. The van der Waals surface area contributed by atoms with Crippen LogP contribution in [-0.2, 0) is 14.3 Å². The van der Waals surface area contributed by atoms with Crippen LogP contribution in [0.3, 0.4) is 0 Å². The van der Waals surface area contributed by atoms with Gasteiger partial charge in [0.2, 0.25) is 5.54 Å². The summed E-state index contributed by atoms with van der Waals surface area (Å²) in [5.74, 6) is -2.37. The molecule has 3 N–H and O–H groups in total. The number of unbranched alkanes of at least 4 members (excludes halogenated alkanes) is 1. The van der Waals surface area contributed by atoms with Crippen LogP contribution < -0.4 is 5.73 Å². The third kappa shape index (κ3) is 4.18. The van der Waals surface area contributed by atoms with Crippen LogP contribution in [0.1, 0.15) is 48.3 Å². The van der Waals surface area contributed by atoms with Crippen molar-refractivity contribution in [3.8, 4) is 0 Å². The second kappa shape index (κ2) is 5.30. The zero-order valence-electron chi connectivity index (χ0n) is 11.1. The zero-order chi connectivity index (χ0) is 13.7. The largest absolute Gasteiger partial charge is 0.479 e. The summed E-state index contributed by atoms with van der Waals surface area (Å²) in [6.45, 7) is 4.81. The first kappa shape index (κ1) is 13.0. The maximum Gasteiger partial charge on any atom is 0.338 e. The quantitative estimate of drug-likeness (QED) is 0.551. The summed E-state index contributed by atoms with van der Waals surface area (Å²) in [5, 5.41) is 9.03. The van der Waals surface area contributed by atoms with Crippen molar-refractivity contribution < 1.29 is 20.8 Å². The van der Waals surface area contributed by atoms with Crippen LogP contribution in [0.5, 0.6) is 0 Å². The average molecular weight is 232 g/mol. The molecule has 0 heterocycles. The third-order valence-electron chi connectivity index (χ3n) is 2.04. The predicted molar refractivity (Wildman–Crippen MR) is 59.9 cm³/mol. The van der Waals surface area contributed by atoms with Crippen LogP contribution >= 0.6 is 0 Å². The van der Waals surface area contributed by atoms with Gasteiger partial charge in [-0.3, -0.25) is 0 Å². The van der Waals surface area contributed by atoms with Crippen LogP contribution in [-0.4, -0.2) is 28.2 Å². The molecule has 0 aromatic heterocycles. The van der Waals surface area contributed by atoms with E-state index in [-0.39, 0.29) is 13.3 Å². The van der Waals surface area contributed by atoms with Gasteiger partial charge in [-0.05, 0) is 27.2 Å². The number of carbonyl (C=O) groups is 2. The first-order valence-electron chi connectivity index (χ1n) is 5.95. The van der Waals surface area contributed by atoms with E-state index in [1.165, 1.54) is 0 Å². The van der Waals surface area contributed by atoms with Crippen LogP contribution in [0.15, 0.2) is 0 Å². The molecular weight excluding hydrogens is 210 g/mol. The van der Waals surface area contributed by atoms with Gasteiger partial charge in [-0.1, -0.05) is 19.8 Å². The molecule has 1 atom stereocenters. The lowest BCUT2D eigenvalue weighted by molar-refractivity contribution is -0.169. The Morgan fingerprint density at radius 3 is 2.44 bits per heavy atom. The molecule has 0 amide bonds. The van der Waals surface area contributed by atoms with Crippen molar-refractivity contribution in [1.29, 1.82) is 0 Å². The van der Waals surface area contributed by atoms with Gasteiger partial charge in [0, 0.05) is 1.37 Å². The normalized spacial score (nSPS) is 16.1. The van der Waals surface area contributed by atoms with Crippen molar-refractivity contribution in [3.63, 3.8) is 0 Å². The predicted octanol–water partition coefficient (Wildman–Crippen LogP) is 1.30. The van der Waals surface area contributed by atoms with Gasteiger partial charge < -0.3 is 15.6 Å². The van der Waals surface area contributed by atoms with Crippen LogP contribution in [0.25, 0.3) is 0 Å². The summed E-state index contributed by atoms with van der Waals surface area (Å²) in [5.41, 5.74) is 2.56. The lowest BCUT2D eigenvalue weighted by Crippen LogP contribution is -2.57. The zero-order valence-corrected chi connectivity index (χ0v) is 10.1. The SMILES string of the molecule is [2H]CC(C)(C)OC(=O)C(N)(CCCC)C(=O)O. The number of ether oxygens (including phenoxy) is 1. The third-order valence-corrected chi connectivity index (χ3v) is 2.04. The van der Waals surface area contributed by atoms with Gasteiger partial charge in [0.15, 0.2) is 0 Å². The van der Waals surface area contributed by atoms with E-state index < -0.39 is 23.1 Å². The van der Waals surface area contributed by atoms with Gasteiger partial charge in [-0.25, -0.2) is 9.59 Å². The van der Waals surface area contributed by atoms with Gasteiger partial charge in [-0.2, -0.15) is 0 Å². The van der Waals surface area contributed by atoms with Crippen molar-refractivity contribution in [2.75, 3.05) is 0 Å². The number of carboxylic acid groups (broad SMARTS) is 1. The standard InChI is InChI=1S/C11H21NO4/c1-5-6-7-11(12,8(13)14)9(15)16-10(2,3)4/h5-7,12H2,1-4H3,(H,13,14)/i2D. The molecule has 0 aliphatic heterocycles. The molecule has 0 saturated heterocycles. The minimum absolute atomic E-state index is 0.0335. The summed E-state index contributed by atoms with van der Waals surface area (Å²) in [6, 6.07) is 0. The molecular formula is C11H21NO4. The highest BCUT2D eigenvalue weighted by Crippen LogP contribution is 2.18. The van der Waals surface area contributed by atoms with Crippen LogP contribution in [0.2, 0.25) is 0 Å². The molecule has 1 unspecified atom stereocenters. The fraction of sp³-hybridized carbons (Fsp3) is 0.818. The molecule has 0 aliphatic carbocycles. The lowest BCUT2D eigenvalue weighted by atomic mass is 9.94. The Kier molecular flexibility index (Phi) is 4.29. The Morgan fingerprint density at radius 2 is 2.06 bits per heavy atom. The highest BCUT2D eigenvalue weighted by molar-refractivity contribution is 6.03. The average Bonchev–Trinajstić information content (AvgIpc) is 2.24. The molecule has 5 nitrogen and oxygen atoms in total. The lowest BCUT2D eigenvalue weighted by Gasteiger charge is -2.28. The van der Waals surface area contributed by atoms with E-state index in [9.17, 15) is 9.59 Å². The second-order valence-corrected chi connectivity index (χ2v) is 4.53. The smallest absolute Gasteiger partial charge is 0.338 e. The monoisotopic (exact) mass is 232 g/mol. The second-order valence-electron chi connectivity index (χ2n) is 4.53. The van der Waals surface area contributed by atoms with E-state index in [1.807, 2.05) is 6.92 Å². The van der Waals surface area contributed by atoms with Crippen molar-refractivity contribution in [2.45, 2.75) is 58.1 Å². The van der Waals surface area contributed by atoms with Crippen LogP contribution in [0, 0.1) is 0 Å². The highest BCUT2D eigenvalue weighted by Gasteiger charge is 2.44. The summed E-state index contributed by atoms with van der Waals surface area (Å²) >= 11 is 0. The number of aliphatic carboxylic acids is 1. The molecule has 0 spiro atoms. The number of nitrogens with two attached hydrogens (primary N) is 1. The molecule has 0 fully saturated rings. The molecule has 0 saturated carbocycles. The molecule has 16 heavy (non-hydrogen) atoms. The Bertz CT molecular complexity index is 293. The fourth-order valence-corrected chi connectivity index (χ4v) is 1.09. The fourth-order valence-electron chi connectivity index (χ4n) is 1.09. The van der Waals surface area contributed by atoms with Gasteiger partial charge in [0.1, 0.15) is 5.60 Å². The highest BCUT2D eigenvalue weighted by atomic mass is 16.6. The summed E-state index contributed by atoms with van der Waals surface area (Å²) in [6.07, 6.45) is 1.30. The molecule has 0 radical (unpaired) electrons. The number of rotatable bonds is 5. The molecule has 94 valence electrons. The maximum atomic E-state index is 11.8. The van der Waals surface area contributed by atoms with Crippen molar-refractivity contribution >= 4 is 11.9 Å². The summed E-state index contributed by atoms with van der Waals surface area (Å²) in [7, 11) is 0. The van der Waals surface area contributed by atoms with E-state index in [2.05, 4.69) is 0 Å². The number of carboxylic acids is 1. The topological polar surface area (TPSA) is 89.6 Å². The minimum Gasteiger partial charge on any atom is -0.479 e. The van der Waals surface area contributed by atoms with E-state index in [1.54, 1.807) is 13.8 Å². The van der Waals surface area contributed by atoms with Gasteiger partial charge in [-0.15, -0.1) is 0 Å². The Hall–Kier alpha value is -1.10. The number of esters is 1. The molecule has 5 heteroatoms. The van der Waals surface area contributed by atoms with E-state index in [0.29, 0.717) is 6.42 Å². The summed E-state index contributed by atoms with van der Waals surface area (Å²) in [4.78, 5) is 22.8. The van der Waals surface area contributed by atoms with Gasteiger partial charge in [0.25, 0.3) is 0 Å². The molecule has 0 rings (SSSR count). The molecule has 0 aromatic carbocycles. The van der Waals surface area contributed by atoms with Crippen molar-refractivity contribution in [2.24, 2.45) is 5.73 Å². The van der Waals surface area contributed by atoms with Gasteiger partial charge in [0.05, 0.1) is 0 Å². The van der Waals surface area contributed by atoms with Crippen molar-refractivity contribution in [1.82, 2.24) is 0 Å². The first-order valence-corrected chi connectivity index (χ1v) is 5.24. The molecule has 0 bridgehead atoms. The minimum atomic E-state index is -2.01. The van der Waals surface area contributed by atoms with E-state index in [0.717, 1.165) is 6.42 Å². The Labute approximate surface area is 97.4 Å². The maximum absolute atomic E-state index is 11.8. The summed E-state index contributed by atoms with van der Waals surface area (Å²) < 4.78 is 12.2. The molecule has 0 aromatic rings. The van der Waals surface area contributed by atoms with E-state index in [4.69, 9.17) is 16.9 Å². The van der Waals surface area contributed by atoms with Crippen LogP contribution in [0.4, 0.5) is 0 Å². The number of carbonyl (C=O) groups excluding carboxylic acids is 1. The number of hydrogen-bond acceptors (Lipinski definition) is 4. The first-order chi connectivity index (χ1) is 7.69. The molecule has 0 aliphatic rings. The Morgan fingerprint density at radius 1 is 1.50 bits per heavy atom. The Balaban J connectivity index is 4.83. The van der Waals surface area contributed by atoms with Crippen molar-refractivity contribution in [3.05, 3.63) is 0 Å². The van der Waals surface area contributed by atoms with Gasteiger partial charge >= 0.3 is 11.9 Å².